The van der Waals surface area contributed by atoms with Gasteiger partial charge in [0.2, 0.25) is 5.91 Å². The number of anilines is 1. The number of amides is 3. The first-order valence-electron chi connectivity index (χ1n) is 15.5. The Kier molecular flexibility index (Phi) is 9.67. The van der Waals surface area contributed by atoms with Crippen molar-refractivity contribution in [1.82, 2.24) is 10.2 Å². The number of carbonyl (C=O) groups is 3. The van der Waals surface area contributed by atoms with Crippen molar-refractivity contribution in [3.8, 4) is 0 Å². The van der Waals surface area contributed by atoms with Gasteiger partial charge in [-0.05, 0) is 85.7 Å². The fourth-order valence-corrected chi connectivity index (χ4v) is 5.63. The van der Waals surface area contributed by atoms with E-state index in [2.05, 4.69) is 17.2 Å². The molecule has 3 amide bonds. The highest BCUT2D eigenvalue weighted by Crippen LogP contribution is 2.35. The van der Waals surface area contributed by atoms with Crippen LogP contribution in [0.1, 0.15) is 62.8 Å². The van der Waals surface area contributed by atoms with Crippen LogP contribution in [-0.2, 0) is 20.7 Å². The van der Waals surface area contributed by atoms with Gasteiger partial charge in [-0.15, -0.1) is 0 Å². The van der Waals surface area contributed by atoms with Crippen molar-refractivity contribution in [1.29, 1.82) is 0 Å². The number of fused-ring (bicyclic) bond motifs is 1. The molecule has 1 aliphatic rings. The Labute approximate surface area is 265 Å². The number of rotatable bonds is 10. The highest BCUT2D eigenvalue weighted by molar-refractivity contribution is 6.00. The molecule has 4 aromatic carbocycles. The van der Waals surface area contributed by atoms with E-state index in [4.69, 9.17) is 4.74 Å². The first kappa shape index (κ1) is 31.5. The Morgan fingerprint density at radius 3 is 2.29 bits per heavy atom. The molecule has 45 heavy (non-hydrogen) atoms. The molecule has 5 rings (SSSR count). The van der Waals surface area contributed by atoms with E-state index in [0.29, 0.717) is 11.3 Å². The lowest BCUT2D eigenvalue weighted by molar-refractivity contribution is -0.145. The van der Waals surface area contributed by atoms with Crippen LogP contribution in [0.25, 0.3) is 16.8 Å². The number of nitrogens with one attached hydrogen (secondary N) is 2. The zero-order valence-electron chi connectivity index (χ0n) is 26.2. The summed E-state index contributed by atoms with van der Waals surface area (Å²) in [7, 11) is 0. The fraction of sp³-hybridized carbons (Fsp3) is 0.289. The second-order valence-electron chi connectivity index (χ2n) is 12.5. The lowest BCUT2D eigenvalue weighted by Gasteiger charge is -2.43. The minimum Gasteiger partial charge on any atom is -0.444 e. The summed E-state index contributed by atoms with van der Waals surface area (Å²) in [5, 5.41) is 8.00. The molecule has 0 aromatic heterocycles. The zero-order valence-corrected chi connectivity index (χ0v) is 26.2. The molecule has 1 saturated carbocycles. The standard InChI is InChI=1S/C38H41N3O4/c1-5-26-15-11-18-30(23-26)34(35(42)39-31-22-21-28-16-9-10-17-29(28)25-31)41(32-19-12-20-32)36(43)33(24-27-13-7-6-8-14-27)40-37(44)45-38(2,3)4/h5-11,13-18,21-23,25,32-34H,1,12,19-20,24H2,2-4H3,(H,39,42)(H,40,44). The molecule has 2 N–H and O–H groups in total. The number of ether oxygens (including phenoxy) is 1. The van der Waals surface area contributed by atoms with Crippen molar-refractivity contribution in [2.45, 2.75) is 70.2 Å². The largest absolute Gasteiger partial charge is 0.444 e. The Bertz CT molecular complexity index is 1670. The summed E-state index contributed by atoms with van der Waals surface area (Å²) < 4.78 is 5.56. The molecule has 7 nitrogen and oxygen atoms in total. The van der Waals surface area contributed by atoms with Crippen molar-refractivity contribution in [3.63, 3.8) is 0 Å². The van der Waals surface area contributed by atoms with Crippen LogP contribution < -0.4 is 10.6 Å². The maximum Gasteiger partial charge on any atom is 0.408 e. The highest BCUT2D eigenvalue weighted by atomic mass is 16.6. The molecule has 2 atom stereocenters. The Hall–Kier alpha value is -4.91. The van der Waals surface area contributed by atoms with Crippen molar-refractivity contribution >= 4 is 40.4 Å². The third-order valence-corrected chi connectivity index (χ3v) is 8.00. The molecule has 0 radical (unpaired) electrons. The molecule has 0 heterocycles. The summed E-state index contributed by atoms with van der Waals surface area (Å²) in [5.41, 5.74) is 2.28. The van der Waals surface area contributed by atoms with Gasteiger partial charge in [0, 0.05) is 18.2 Å². The zero-order chi connectivity index (χ0) is 32.0. The van der Waals surface area contributed by atoms with Gasteiger partial charge >= 0.3 is 6.09 Å². The predicted molar refractivity (Wildman–Crippen MR) is 180 cm³/mol. The summed E-state index contributed by atoms with van der Waals surface area (Å²) >= 11 is 0. The average Bonchev–Trinajstić information content (AvgIpc) is 2.99. The molecule has 0 spiro atoms. The minimum atomic E-state index is -0.957. The lowest BCUT2D eigenvalue weighted by Crippen LogP contribution is -2.57. The van der Waals surface area contributed by atoms with E-state index >= 15 is 0 Å². The van der Waals surface area contributed by atoms with Gasteiger partial charge in [-0.1, -0.05) is 91.5 Å². The maximum atomic E-state index is 14.7. The van der Waals surface area contributed by atoms with Crippen molar-refractivity contribution in [3.05, 3.63) is 120 Å². The van der Waals surface area contributed by atoms with E-state index in [0.717, 1.165) is 41.2 Å². The van der Waals surface area contributed by atoms with Crippen LogP contribution in [-0.4, -0.2) is 40.5 Å². The average molecular weight is 604 g/mol. The van der Waals surface area contributed by atoms with Crippen molar-refractivity contribution in [2.24, 2.45) is 0 Å². The Morgan fingerprint density at radius 2 is 1.62 bits per heavy atom. The van der Waals surface area contributed by atoms with Gasteiger partial charge in [0.25, 0.3) is 5.91 Å². The summed E-state index contributed by atoms with van der Waals surface area (Å²) in [6, 6.07) is 28.7. The molecule has 0 aliphatic heterocycles. The van der Waals surface area contributed by atoms with Gasteiger partial charge in [0.1, 0.15) is 17.7 Å². The van der Waals surface area contributed by atoms with Gasteiger partial charge in [0.15, 0.2) is 0 Å². The molecule has 1 fully saturated rings. The maximum absolute atomic E-state index is 14.7. The van der Waals surface area contributed by atoms with Crippen LogP contribution in [0.3, 0.4) is 0 Å². The topological polar surface area (TPSA) is 87.7 Å². The summed E-state index contributed by atoms with van der Waals surface area (Å²) in [6.07, 6.45) is 3.75. The number of hydrogen-bond acceptors (Lipinski definition) is 4. The lowest BCUT2D eigenvalue weighted by atomic mass is 9.87. The number of benzene rings is 4. The van der Waals surface area contributed by atoms with E-state index < -0.39 is 23.8 Å². The van der Waals surface area contributed by atoms with Crippen LogP contribution in [0.5, 0.6) is 0 Å². The number of hydrogen-bond donors (Lipinski definition) is 2. The van der Waals surface area contributed by atoms with E-state index in [1.165, 1.54) is 0 Å². The number of carbonyl (C=O) groups excluding carboxylic acids is 3. The van der Waals surface area contributed by atoms with Crippen molar-refractivity contribution in [2.75, 3.05) is 5.32 Å². The summed E-state index contributed by atoms with van der Waals surface area (Å²) in [6.45, 7) is 9.25. The molecule has 7 heteroatoms. The number of nitrogens with zero attached hydrogens (tertiary/aromatic N) is 1. The van der Waals surface area contributed by atoms with Gasteiger partial charge < -0.3 is 20.3 Å². The fourth-order valence-electron chi connectivity index (χ4n) is 5.63. The molecule has 0 saturated heterocycles. The second kappa shape index (κ2) is 13.8. The normalized spacial score (nSPS) is 14.5. The molecular formula is C38H41N3O4. The van der Waals surface area contributed by atoms with Gasteiger partial charge in [-0.25, -0.2) is 4.79 Å². The van der Waals surface area contributed by atoms with Crippen LogP contribution >= 0.6 is 0 Å². The third-order valence-electron chi connectivity index (χ3n) is 8.00. The molecule has 1 aliphatic carbocycles. The molecule has 232 valence electrons. The molecule has 4 aromatic rings. The monoisotopic (exact) mass is 603 g/mol. The van der Waals surface area contributed by atoms with Crippen molar-refractivity contribution < 1.29 is 19.1 Å². The first-order valence-corrected chi connectivity index (χ1v) is 15.5. The quantitative estimate of drug-likeness (QED) is 0.195. The van der Waals surface area contributed by atoms with E-state index in [1.807, 2.05) is 97.1 Å². The number of alkyl carbamates (subject to hydrolysis) is 1. The van der Waals surface area contributed by atoms with E-state index in [-0.39, 0.29) is 24.3 Å². The summed E-state index contributed by atoms with van der Waals surface area (Å²) in [4.78, 5) is 43.9. The van der Waals surface area contributed by atoms with Crippen LogP contribution in [0.15, 0.2) is 104 Å². The van der Waals surface area contributed by atoms with E-state index in [1.54, 1.807) is 31.7 Å². The molecular weight excluding hydrogens is 562 g/mol. The van der Waals surface area contributed by atoms with Gasteiger partial charge in [-0.2, -0.15) is 0 Å². The Morgan fingerprint density at radius 1 is 0.911 bits per heavy atom. The van der Waals surface area contributed by atoms with E-state index in [9.17, 15) is 14.4 Å². The third kappa shape index (κ3) is 7.98. The summed E-state index contributed by atoms with van der Waals surface area (Å²) in [5.74, 6) is -0.667. The van der Waals surface area contributed by atoms with Gasteiger partial charge in [-0.3, -0.25) is 9.59 Å². The minimum absolute atomic E-state index is 0.170. The van der Waals surface area contributed by atoms with Crippen LogP contribution in [0.4, 0.5) is 10.5 Å². The van der Waals surface area contributed by atoms with Crippen LogP contribution in [0.2, 0.25) is 0 Å². The van der Waals surface area contributed by atoms with Gasteiger partial charge in [0.05, 0.1) is 0 Å². The Balaban J connectivity index is 1.54. The predicted octanol–water partition coefficient (Wildman–Crippen LogP) is 7.68. The second-order valence-corrected chi connectivity index (χ2v) is 12.5. The molecule has 0 bridgehead atoms. The highest BCUT2D eigenvalue weighted by Gasteiger charge is 2.42. The first-order chi connectivity index (χ1) is 21.6. The smallest absolute Gasteiger partial charge is 0.408 e. The SMILES string of the molecule is C=Cc1cccc(C(C(=O)Nc2ccc3ccccc3c2)N(C(=O)C(Cc2ccccc2)NC(=O)OC(C)(C)C)C2CCC2)c1. The molecule has 2 unspecified atom stereocenters. The van der Waals surface area contributed by atoms with Crippen LogP contribution in [0, 0.1) is 0 Å².